The van der Waals surface area contributed by atoms with Crippen molar-refractivity contribution in [1.29, 1.82) is 0 Å². The minimum absolute atomic E-state index is 0.0824. The minimum atomic E-state index is -0.141. The van der Waals surface area contributed by atoms with Gasteiger partial charge in [-0.15, -0.1) is 0 Å². The van der Waals surface area contributed by atoms with Gasteiger partial charge in [-0.05, 0) is 25.8 Å². The number of carbonyl (C=O) groups excluding carboxylic acids is 1. The Morgan fingerprint density at radius 1 is 1.28 bits per heavy atom. The summed E-state index contributed by atoms with van der Waals surface area (Å²) in [6, 6.07) is 9.77. The van der Waals surface area contributed by atoms with Crippen LogP contribution in [0.3, 0.4) is 0 Å². The summed E-state index contributed by atoms with van der Waals surface area (Å²) in [4.78, 5) is 14.9. The second-order valence-corrected chi connectivity index (χ2v) is 6.61. The molecule has 6 heteroatoms. The summed E-state index contributed by atoms with van der Waals surface area (Å²) in [6.45, 7) is 3.47. The fraction of sp³-hybridized carbons (Fsp3) is 0.474. The maximum absolute atomic E-state index is 12.5. The van der Waals surface area contributed by atoms with Crippen LogP contribution in [0.25, 0.3) is 11.3 Å². The minimum Gasteiger partial charge on any atom is -0.393 e. The quantitative estimate of drug-likeness (QED) is 0.784. The fourth-order valence-electron chi connectivity index (χ4n) is 3.21. The normalized spacial score (nSPS) is 16.1. The molecular formula is C19H26N4O2. The van der Waals surface area contributed by atoms with Gasteiger partial charge in [0.15, 0.2) is 0 Å². The first-order chi connectivity index (χ1) is 12.1. The molecule has 1 aliphatic heterocycles. The lowest BCUT2D eigenvalue weighted by Crippen LogP contribution is -2.37. The maximum atomic E-state index is 12.5. The topological polar surface area (TPSA) is 70.4 Å². The molecule has 1 aromatic heterocycles. The average molecular weight is 342 g/mol. The number of aliphatic hydroxyl groups excluding tert-OH is 1. The maximum Gasteiger partial charge on any atom is 0.255 e. The van der Waals surface area contributed by atoms with Gasteiger partial charge in [-0.25, -0.2) is 0 Å². The van der Waals surface area contributed by atoms with E-state index in [0.717, 1.165) is 44.5 Å². The van der Waals surface area contributed by atoms with E-state index in [2.05, 4.69) is 15.3 Å². The zero-order valence-corrected chi connectivity index (χ0v) is 14.7. The van der Waals surface area contributed by atoms with Crippen LogP contribution in [-0.2, 0) is 7.05 Å². The number of aryl methyl sites for hydroxylation is 1. The van der Waals surface area contributed by atoms with Crippen LogP contribution in [0.4, 0.5) is 0 Å². The number of hydrogen-bond acceptors (Lipinski definition) is 4. The highest BCUT2D eigenvalue weighted by atomic mass is 16.3. The molecule has 1 aromatic carbocycles. The van der Waals surface area contributed by atoms with Gasteiger partial charge in [0.05, 0.1) is 11.7 Å². The zero-order chi connectivity index (χ0) is 17.6. The molecule has 2 heterocycles. The first-order valence-electron chi connectivity index (χ1n) is 8.91. The van der Waals surface area contributed by atoms with Gasteiger partial charge >= 0.3 is 0 Å². The molecule has 2 aromatic rings. The number of nitrogens with one attached hydrogen (secondary N) is 1. The number of aromatic nitrogens is 2. The molecule has 3 rings (SSSR count). The summed E-state index contributed by atoms with van der Waals surface area (Å²) < 4.78 is 1.68. The fourth-order valence-corrected chi connectivity index (χ4v) is 3.21. The Balaban J connectivity index is 1.52. The predicted octanol–water partition coefficient (Wildman–Crippen LogP) is 1.66. The van der Waals surface area contributed by atoms with Crippen molar-refractivity contribution < 1.29 is 9.90 Å². The van der Waals surface area contributed by atoms with Crippen molar-refractivity contribution in [3.8, 4) is 11.3 Å². The van der Waals surface area contributed by atoms with E-state index in [4.69, 9.17) is 0 Å². The van der Waals surface area contributed by atoms with Crippen LogP contribution >= 0.6 is 0 Å². The molecule has 134 valence electrons. The molecule has 0 bridgehead atoms. The Hall–Kier alpha value is -2.18. The van der Waals surface area contributed by atoms with Crippen LogP contribution in [0.1, 0.15) is 29.6 Å². The lowest BCUT2D eigenvalue weighted by Gasteiger charge is -2.29. The molecule has 1 aliphatic rings. The van der Waals surface area contributed by atoms with E-state index in [0.29, 0.717) is 17.8 Å². The summed E-state index contributed by atoms with van der Waals surface area (Å²) in [5.41, 5.74) is 2.26. The third-order valence-electron chi connectivity index (χ3n) is 4.61. The number of piperidine rings is 1. The van der Waals surface area contributed by atoms with Crippen molar-refractivity contribution in [1.82, 2.24) is 20.0 Å². The van der Waals surface area contributed by atoms with Crippen molar-refractivity contribution in [2.24, 2.45) is 7.05 Å². The molecule has 0 radical (unpaired) electrons. The van der Waals surface area contributed by atoms with Gasteiger partial charge in [0, 0.05) is 38.4 Å². The summed E-state index contributed by atoms with van der Waals surface area (Å²) in [6.07, 6.45) is 4.23. The van der Waals surface area contributed by atoms with Crippen molar-refractivity contribution in [3.63, 3.8) is 0 Å². The smallest absolute Gasteiger partial charge is 0.255 e. The summed E-state index contributed by atoms with van der Waals surface area (Å²) >= 11 is 0. The van der Waals surface area contributed by atoms with E-state index in [1.54, 1.807) is 10.9 Å². The monoisotopic (exact) mass is 342 g/mol. The highest BCUT2D eigenvalue weighted by Gasteiger charge is 2.18. The average Bonchev–Trinajstić information content (AvgIpc) is 3.03. The summed E-state index contributed by atoms with van der Waals surface area (Å²) in [5.74, 6) is -0.0824. The molecule has 1 amide bonds. The molecule has 6 nitrogen and oxygen atoms in total. The number of rotatable bonds is 6. The SMILES string of the molecule is Cn1cc(C(=O)NCCCN2CCC(O)CC2)c(-c2ccccc2)n1. The van der Waals surface area contributed by atoms with Crippen LogP contribution in [-0.4, -0.2) is 58.0 Å². The molecule has 0 saturated carbocycles. The lowest BCUT2D eigenvalue weighted by molar-refractivity contribution is 0.0816. The predicted molar refractivity (Wildman–Crippen MR) is 97.3 cm³/mol. The molecule has 1 fully saturated rings. The van der Waals surface area contributed by atoms with Gasteiger partial charge in [0.1, 0.15) is 5.69 Å². The van der Waals surface area contributed by atoms with Gasteiger partial charge < -0.3 is 15.3 Å². The summed E-state index contributed by atoms with van der Waals surface area (Å²) in [5, 5.41) is 17.0. The van der Waals surface area contributed by atoms with Crippen molar-refractivity contribution in [2.75, 3.05) is 26.2 Å². The number of carbonyl (C=O) groups is 1. The van der Waals surface area contributed by atoms with E-state index in [-0.39, 0.29) is 12.0 Å². The van der Waals surface area contributed by atoms with Gasteiger partial charge in [-0.1, -0.05) is 30.3 Å². The summed E-state index contributed by atoms with van der Waals surface area (Å²) in [7, 11) is 1.83. The Morgan fingerprint density at radius 3 is 2.72 bits per heavy atom. The Kier molecular flexibility index (Phi) is 5.83. The van der Waals surface area contributed by atoms with E-state index < -0.39 is 0 Å². The van der Waals surface area contributed by atoms with Crippen LogP contribution < -0.4 is 5.32 Å². The number of hydrogen-bond donors (Lipinski definition) is 2. The van der Waals surface area contributed by atoms with Crippen molar-refractivity contribution in [2.45, 2.75) is 25.4 Å². The molecule has 1 saturated heterocycles. The number of aliphatic hydroxyl groups is 1. The molecule has 0 spiro atoms. The number of benzene rings is 1. The Morgan fingerprint density at radius 2 is 2.00 bits per heavy atom. The molecule has 25 heavy (non-hydrogen) atoms. The number of likely N-dealkylation sites (tertiary alicyclic amines) is 1. The van der Waals surface area contributed by atoms with E-state index in [1.807, 2.05) is 37.4 Å². The Bertz CT molecular complexity index is 691. The third-order valence-corrected chi connectivity index (χ3v) is 4.61. The second kappa shape index (κ2) is 8.27. The third kappa shape index (κ3) is 4.67. The van der Waals surface area contributed by atoms with Crippen LogP contribution in [0, 0.1) is 0 Å². The zero-order valence-electron chi connectivity index (χ0n) is 14.7. The van der Waals surface area contributed by atoms with E-state index in [1.165, 1.54) is 0 Å². The Labute approximate surface area is 148 Å². The molecule has 0 atom stereocenters. The van der Waals surface area contributed by atoms with Crippen LogP contribution in [0.2, 0.25) is 0 Å². The van der Waals surface area contributed by atoms with Gasteiger partial charge in [-0.2, -0.15) is 5.10 Å². The van der Waals surface area contributed by atoms with Crippen LogP contribution in [0.5, 0.6) is 0 Å². The largest absolute Gasteiger partial charge is 0.393 e. The van der Waals surface area contributed by atoms with Gasteiger partial charge in [0.25, 0.3) is 5.91 Å². The van der Waals surface area contributed by atoms with Crippen molar-refractivity contribution >= 4 is 5.91 Å². The molecular weight excluding hydrogens is 316 g/mol. The van der Waals surface area contributed by atoms with E-state index in [9.17, 15) is 9.90 Å². The highest BCUT2D eigenvalue weighted by molar-refractivity contribution is 5.99. The first kappa shape index (κ1) is 17.6. The van der Waals surface area contributed by atoms with Gasteiger partial charge in [0.2, 0.25) is 0 Å². The number of nitrogens with zero attached hydrogens (tertiary/aromatic N) is 3. The van der Waals surface area contributed by atoms with E-state index >= 15 is 0 Å². The van der Waals surface area contributed by atoms with Crippen molar-refractivity contribution in [3.05, 3.63) is 42.1 Å². The molecule has 0 aliphatic carbocycles. The standard InChI is InChI=1S/C19H26N4O2/c1-22-14-17(18(21-22)15-6-3-2-4-7-15)19(25)20-10-5-11-23-12-8-16(24)9-13-23/h2-4,6-7,14,16,24H,5,8-13H2,1H3,(H,20,25). The second-order valence-electron chi connectivity index (χ2n) is 6.61. The van der Waals surface area contributed by atoms with Gasteiger partial charge in [-0.3, -0.25) is 9.48 Å². The molecule has 0 unspecified atom stereocenters. The first-order valence-corrected chi connectivity index (χ1v) is 8.91. The highest BCUT2D eigenvalue weighted by Crippen LogP contribution is 2.21. The molecule has 2 N–H and O–H groups in total. The lowest BCUT2D eigenvalue weighted by atomic mass is 10.1. The van der Waals surface area contributed by atoms with Crippen LogP contribution in [0.15, 0.2) is 36.5 Å². The number of amides is 1.